The Hall–Kier alpha value is -1.73. The Morgan fingerprint density at radius 2 is 1.82 bits per heavy atom. The van der Waals surface area contributed by atoms with Crippen LogP contribution in [0.1, 0.15) is 6.42 Å². The lowest BCUT2D eigenvalue weighted by atomic mass is 10.2. The molecule has 0 aromatic heterocycles. The van der Waals surface area contributed by atoms with Gasteiger partial charge in [0.15, 0.2) is 0 Å². The van der Waals surface area contributed by atoms with Crippen molar-refractivity contribution in [2.75, 3.05) is 0 Å². The van der Waals surface area contributed by atoms with Gasteiger partial charge in [0.2, 0.25) is 0 Å². The highest BCUT2D eigenvalue weighted by Gasteiger charge is 2.34. The first kappa shape index (κ1) is 11.7. The van der Waals surface area contributed by atoms with Crippen molar-refractivity contribution in [3.05, 3.63) is 36.5 Å². The predicted molar refractivity (Wildman–Crippen MR) is 57.7 cm³/mol. The molecule has 0 bridgehead atoms. The molecule has 0 saturated carbocycles. The number of hydroxylamine groups is 2. The number of hydrogen-bond acceptors (Lipinski definition) is 5. The fourth-order valence-corrected chi connectivity index (χ4v) is 2.49. The maximum Gasteiger partial charge on any atom is 0.295 e. The Balaban J connectivity index is 2.13. The zero-order chi connectivity index (χ0) is 12.5. The van der Waals surface area contributed by atoms with Crippen molar-refractivity contribution < 1.29 is 22.3 Å². The van der Waals surface area contributed by atoms with Crippen LogP contribution in [0.5, 0.6) is 0 Å². The molecule has 6 nitrogen and oxygen atoms in total. The molecule has 2 amide bonds. The maximum atomic E-state index is 11.8. The maximum absolute atomic E-state index is 11.8. The van der Waals surface area contributed by atoms with Gasteiger partial charge in [-0.05, 0) is 6.42 Å². The monoisotopic (exact) mass is 255 g/mol. The summed E-state index contributed by atoms with van der Waals surface area (Å²) in [6, 6.07) is 0. The van der Waals surface area contributed by atoms with Gasteiger partial charge in [-0.1, -0.05) is 24.3 Å². The molecule has 0 radical (unpaired) electrons. The Labute approximate surface area is 97.9 Å². The van der Waals surface area contributed by atoms with E-state index in [0.29, 0.717) is 0 Å². The largest absolute Gasteiger partial charge is 0.295 e. The average molecular weight is 255 g/mol. The Bertz CT molecular complexity index is 525. The number of carbonyl (C=O) groups is 2. The molecule has 0 fully saturated rings. The predicted octanol–water partition coefficient (Wildman–Crippen LogP) is 0.0575. The van der Waals surface area contributed by atoms with Crippen LogP contribution < -0.4 is 0 Å². The minimum atomic E-state index is -4.03. The summed E-state index contributed by atoms with van der Waals surface area (Å²) >= 11 is 0. The molecule has 7 heteroatoms. The summed E-state index contributed by atoms with van der Waals surface area (Å²) in [6.07, 6.45) is 8.54. The van der Waals surface area contributed by atoms with Gasteiger partial charge in [0, 0.05) is 12.2 Å². The molecule has 0 saturated heterocycles. The van der Waals surface area contributed by atoms with E-state index in [-0.39, 0.29) is 11.5 Å². The molecule has 1 heterocycles. The van der Waals surface area contributed by atoms with Crippen molar-refractivity contribution in [3.8, 4) is 0 Å². The first-order valence-corrected chi connectivity index (χ1v) is 6.31. The summed E-state index contributed by atoms with van der Waals surface area (Å²) in [5.41, 5.74) is 0. The van der Waals surface area contributed by atoms with E-state index in [4.69, 9.17) is 0 Å². The first-order valence-electron chi connectivity index (χ1n) is 4.83. The van der Waals surface area contributed by atoms with Crippen molar-refractivity contribution in [2.45, 2.75) is 11.7 Å². The third kappa shape index (κ3) is 2.34. The lowest BCUT2D eigenvalue weighted by Gasteiger charge is -2.17. The highest BCUT2D eigenvalue weighted by molar-refractivity contribution is 7.87. The van der Waals surface area contributed by atoms with Gasteiger partial charge >= 0.3 is 0 Å². The van der Waals surface area contributed by atoms with Crippen LogP contribution in [0.25, 0.3) is 0 Å². The van der Waals surface area contributed by atoms with Crippen molar-refractivity contribution in [3.63, 3.8) is 0 Å². The van der Waals surface area contributed by atoms with Crippen molar-refractivity contribution >= 4 is 21.9 Å². The van der Waals surface area contributed by atoms with E-state index >= 15 is 0 Å². The van der Waals surface area contributed by atoms with Gasteiger partial charge in [0.1, 0.15) is 5.25 Å². The van der Waals surface area contributed by atoms with Gasteiger partial charge < -0.3 is 0 Å². The van der Waals surface area contributed by atoms with Crippen LogP contribution in [0.15, 0.2) is 36.5 Å². The third-order valence-electron chi connectivity index (χ3n) is 2.26. The fourth-order valence-electron chi connectivity index (χ4n) is 1.39. The van der Waals surface area contributed by atoms with E-state index in [0.717, 1.165) is 12.2 Å². The molecule has 1 aliphatic carbocycles. The van der Waals surface area contributed by atoms with Gasteiger partial charge in [-0.15, -0.1) is 9.35 Å². The summed E-state index contributed by atoms with van der Waals surface area (Å²) in [5, 5.41) is -0.643. The molecule has 1 unspecified atom stereocenters. The van der Waals surface area contributed by atoms with Gasteiger partial charge in [-0.3, -0.25) is 9.59 Å². The van der Waals surface area contributed by atoms with E-state index in [1.807, 2.05) is 0 Å². The SMILES string of the molecule is O=C1C=CC(=O)N1OS(=O)(=O)C1C=CC=CC1. The summed E-state index contributed by atoms with van der Waals surface area (Å²) in [5.74, 6) is -1.59. The van der Waals surface area contributed by atoms with E-state index in [9.17, 15) is 18.0 Å². The number of rotatable bonds is 3. The molecular weight excluding hydrogens is 246 g/mol. The molecule has 17 heavy (non-hydrogen) atoms. The van der Waals surface area contributed by atoms with Crippen LogP contribution in [0.3, 0.4) is 0 Å². The number of imide groups is 1. The van der Waals surface area contributed by atoms with E-state index in [2.05, 4.69) is 4.28 Å². The standard InChI is InChI=1S/C10H9NO5S/c12-9-6-7-10(13)11(9)16-17(14,15)8-4-2-1-3-5-8/h1-4,6-8H,5H2. The second-order valence-corrected chi connectivity index (χ2v) is 5.20. The Morgan fingerprint density at radius 1 is 1.18 bits per heavy atom. The molecule has 2 rings (SSSR count). The second-order valence-electron chi connectivity index (χ2n) is 3.46. The molecule has 2 aliphatic rings. The third-order valence-corrected chi connectivity index (χ3v) is 3.71. The molecule has 1 aliphatic heterocycles. The van der Waals surface area contributed by atoms with Crippen LogP contribution >= 0.6 is 0 Å². The van der Waals surface area contributed by atoms with Crippen LogP contribution in [-0.4, -0.2) is 30.5 Å². The van der Waals surface area contributed by atoms with Gasteiger partial charge in [0.25, 0.3) is 21.9 Å². The Kier molecular flexibility index (Phi) is 2.95. The lowest BCUT2D eigenvalue weighted by Crippen LogP contribution is -2.36. The molecule has 1 atom stereocenters. The number of allylic oxidation sites excluding steroid dienone is 3. The van der Waals surface area contributed by atoms with Crippen LogP contribution in [0, 0.1) is 0 Å². The summed E-state index contributed by atoms with van der Waals surface area (Å²) in [4.78, 5) is 22.3. The highest BCUT2D eigenvalue weighted by atomic mass is 32.2. The molecule has 0 spiro atoms. The Morgan fingerprint density at radius 3 is 2.35 bits per heavy atom. The van der Waals surface area contributed by atoms with E-state index in [1.165, 1.54) is 6.08 Å². The van der Waals surface area contributed by atoms with Crippen molar-refractivity contribution in [2.24, 2.45) is 0 Å². The van der Waals surface area contributed by atoms with Crippen molar-refractivity contribution in [1.29, 1.82) is 0 Å². The summed E-state index contributed by atoms with van der Waals surface area (Å²) in [7, 11) is -4.03. The first-order chi connectivity index (χ1) is 8.00. The number of hydrogen-bond donors (Lipinski definition) is 0. The van der Waals surface area contributed by atoms with Gasteiger partial charge in [-0.2, -0.15) is 8.42 Å². The van der Waals surface area contributed by atoms with Crippen molar-refractivity contribution in [1.82, 2.24) is 5.06 Å². The molecular formula is C10H9NO5S. The number of carbonyl (C=O) groups excluding carboxylic acids is 2. The fraction of sp³-hybridized carbons (Fsp3) is 0.200. The normalized spacial score (nSPS) is 23.8. The highest BCUT2D eigenvalue weighted by Crippen LogP contribution is 2.18. The summed E-state index contributed by atoms with van der Waals surface area (Å²) < 4.78 is 28.0. The van der Waals surface area contributed by atoms with Crippen LogP contribution in [0.2, 0.25) is 0 Å². The smallest absolute Gasteiger partial charge is 0.267 e. The lowest BCUT2D eigenvalue weighted by molar-refractivity contribution is -0.161. The van der Waals surface area contributed by atoms with Crippen LogP contribution in [0.4, 0.5) is 0 Å². The molecule has 0 aromatic carbocycles. The minimum absolute atomic E-state index is 0.238. The topological polar surface area (TPSA) is 80.8 Å². The van der Waals surface area contributed by atoms with E-state index in [1.54, 1.807) is 18.2 Å². The molecule has 0 aromatic rings. The molecule has 90 valence electrons. The quantitative estimate of drug-likeness (QED) is 0.666. The van der Waals surface area contributed by atoms with Gasteiger partial charge in [0.05, 0.1) is 0 Å². The zero-order valence-corrected chi connectivity index (χ0v) is 9.46. The average Bonchev–Trinajstić information content (AvgIpc) is 2.62. The number of amides is 2. The van der Waals surface area contributed by atoms with Crippen LogP contribution in [-0.2, 0) is 24.0 Å². The second kappa shape index (κ2) is 4.27. The van der Waals surface area contributed by atoms with E-state index < -0.39 is 27.2 Å². The number of nitrogens with zero attached hydrogens (tertiary/aromatic N) is 1. The molecule has 0 N–H and O–H groups in total. The summed E-state index contributed by atoms with van der Waals surface area (Å²) in [6.45, 7) is 0. The van der Waals surface area contributed by atoms with Gasteiger partial charge in [-0.25, -0.2) is 0 Å². The minimum Gasteiger partial charge on any atom is -0.267 e. The zero-order valence-electron chi connectivity index (χ0n) is 8.65.